The molecule has 6 nitrogen and oxygen atoms in total. The second-order valence-corrected chi connectivity index (χ2v) is 7.65. The lowest BCUT2D eigenvalue weighted by molar-refractivity contribution is -0.139. The molecule has 1 aliphatic rings. The number of rotatable bonds is 8. The van der Waals surface area contributed by atoms with Crippen LogP contribution in [0.2, 0.25) is 0 Å². The first-order valence-electron chi connectivity index (χ1n) is 10.2. The highest BCUT2D eigenvalue weighted by Gasteiger charge is 2.19. The predicted molar refractivity (Wildman–Crippen MR) is 114 cm³/mol. The lowest BCUT2D eigenvalue weighted by atomic mass is 9.85. The molecule has 3 rings (SSSR count). The van der Waals surface area contributed by atoms with E-state index in [4.69, 9.17) is 18.7 Å². The van der Waals surface area contributed by atoms with E-state index < -0.39 is 0 Å². The molecule has 0 N–H and O–H groups in total. The molecule has 0 aliphatic heterocycles. The number of methoxy groups -OCH3 is 1. The molecule has 1 heterocycles. The summed E-state index contributed by atoms with van der Waals surface area (Å²) in [6.45, 7) is 6.72. The third kappa shape index (κ3) is 5.53. The molecule has 0 spiro atoms. The van der Waals surface area contributed by atoms with Gasteiger partial charge in [-0.3, -0.25) is 0 Å². The molecular weight excluding hydrogens is 382 g/mol. The largest absolute Gasteiger partial charge is 0.493 e. The molecule has 0 amide bonds. The second kappa shape index (κ2) is 10.1. The Labute approximate surface area is 177 Å². The highest BCUT2D eigenvalue weighted by atomic mass is 16.5. The Morgan fingerprint density at radius 1 is 1.23 bits per heavy atom. The Kier molecular flexibility index (Phi) is 7.33. The van der Waals surface area contributed by atoms with Crippen molar-refractivity contribution in [3.05, 3.63) is 59.0 Å². The summed E-state index contributed by atoms with van der Waals surface area (Å²) in [5, 5.41) is 3.93. The maximum Gasteiger partial charge on any atom is 0.330 e. The third-order valence-corrected chi connectivity index (χ3v) is 5.51. The van der Waals surface area contributed by atoms with E-state index in [1.165, 1.54) is 6.08 Å². The van der Waals surface area contributed by atoms with Crippen LogP contribution in [0.15, 0.2) is 41.0 Å². The zero-order chi connectivity index (χ0) is 21.5. The van der Waals surface area contributed by atoms with Gasteiger partial charge in [0, 0.05) is 6.08 Å². The Bertz CT molecular complexity index is 908. The molecular formula is C24H29NO5. The molecule has 1 aromatic heterocycles. The van der Waals surface area contributed by atoms with Crippen molar-refractivity contribution in [2.45, 2.75) is 40.2 Å². The van der Waals surface area contributed by atoms with E-state index in [0.717, 1.165) is 35.4 Å². The molecule has 2 unspecified atom stereocenters. The van der Waals surface area contributed by atoms with Crippen LogP contribution in [-0.2, 0) is 16.1 Å². The van der Waals surface area contributed by atoms with Crippen molar-refractivity contribution in [1.29, 1.82) is 0 Å². The Morgan fingerprint density at radius 3 is 2.73 bits per heavy atom. The number of esters is 1. The molecule has 0 fully saturated rings. The normalized spacial score (nSPS) is 18.5. The van der Waals surface area contributed by atoms with Crippen molar-refractivity contribution in [1.82, 2.24) is 5.16 Å². The van der Waals surface area contributed by atoms with E-state index in [1.54, 1.807) is 13.2 Å². The van der Waals surface area contributed by atoms with Crippen LogP contribution < -0.4 is 9.47 Å². The van der Waals surface area contributed by atoms with Gasteiger partial charge in [-0.05, 0) is 62.3 Å². The molecule has 0 bridgehead atoms. The number of carbonyl (C=O) groups excluding carboxylic acids is 1. The van der Waals surface area contributed by atoms with Crippen LogP contribution in [0.5, 0.6) is 11.5 Å². The smallest absolute Gasteiger partial charge is 0.330 e. The average Bonchev–Trinajstić information content (AvgIpc) is 3.07. The molecule has 30 heavy (non-hydrogen) atoms. The van der Waals surface area contributed by atoms with Gasteiger partial charge in [-0.15, -0.1) is 0 Å². The first kappa shape index (κ1) is 21.7. The summed E-state index contributed by atoms with van der Waals surface area (Å²) in [7, 11) is 1.58. The number of nitrogens with zero attached hydrogens (tertiary/aromatic N) is 1. The van der Waals surface area contributed by atoms with Gasteiger partial charge in [0.25, 0.3) is 0 Å². The second-order valence-electron chi connectivity index (χ2n) is 7.65. The van der Waals surface area contributed by atoms with Crippen LogP contribution in [0.4, 0.5) is 0 Å². The molecule has 0 saturated heterocycles. The molecule has 1 aliphatic carbocycles. The van der Waals surface area contributed by atoms with Gasteiger partial charge in [-0.2, -0.15) is 0 Å². The van der Waals surface area contributed by atoms with Gasteiger partial charge in [0.05, 0.1) is 25.0 Å². The Morgan fingerprint density at radius 2 is 2.03 bits per heavy atom. The summed E-state index contributed by atoms with van der Waals surface area (Å²) < 4.78 is 21.9. The first-order chi connectivity index (χ1) is 14.5. The van der Waals surface area contributed by atoms with Crippen molar-refractivity contribution < 1.29 is 23.5 Å². The number of carbonyl (C=O) groups is 1. The van der Waals surface area contributed by atoms with Crippen LogP contribution in [-0.4, -0.2) is 24.8 Å². The number of ether oxygens (including phenoxy) is 3. The fourth-order valence-electron chi connectivity index (χ4n) is 3.41. The highest BCUT2D eigenvalue weighted by molar-refractivity contribution is 5.87. The van der Waals surface area contributed by atoms with E-state index >= 15 is 0 Å². The summed E-state index contributed by atoms with van der Waals surface area (Å²) in [6, 6.07) is 5.50. The summed E-state index contributed by atoms with van der Waals surface area (Å²) in [4.78, 5) is 12.1. The predicted octanol–water partition coefficient (Wildman–Crippen LogP) is 5.04. The maximum atomic E-state index is 12.1. The van der Waals surface area contributed by atoms with E-state index in [-0.39, 0.29) is 5.97 Å². The van der Waals surface area contributed by atoms with Crippen LogP contribution in [0.25, 0.3) is 6.08 Å². The lowest BCUT2D eigenvalue weighted by Crippen LogP contribution is -2.21. The molecule has 2 aromatic rings. The van der Waals surface area contributed by atoms with E-state index in [9.17, 15) is 4.79 Å². The molecule has 1 aromatic carbocycles. The molecule has 6 heteroatoms. The van der Waals surface area contributed by atoms with E-state index in [1.807, 2.05) is 32.0 Å². The number of aromatic nitrogens is 1. The summed E-state index contributed by atoms with van der Waals surface area (Å²) >= 11 is 0. The lowest BCUT2D eigenvalue weighted by Gasteiger charge is -2.24. The summed E-state index contributed by atoms with van der Waals surface area (Å²) in [6.07, 6.45) is 9.52. The minimum absolute atomic E-state index is 0.338. The average molecular weight is 411 g/mol. The molecule has 0 saturated carbocycles. The minimum atomic E-state index is -0.338. The standard InChI is InChI=1S/C24H29NO5/c1-16-7-5-6-8-20(16)14-29-24(26)12-10-19-9-11-22(23(13-19)27-4)28-15-21-17(2)25-30-18(21)3/h5-6,9-13,16,20H,7-8,14-15H2,1-4H3. The van der Waals surface area contributed by atoms with Gasteiger partial charge in [0.15, 0.2) is 11.5 Å². The van der Waals surface area contributed by atoms with Gasteiger partial charge in [0.2, 0.25) is 0 Å². The number of hydrogen-bond acceptors (Lipinski definition) is 6. The molecule has 0 radical (unpaired) electrons. The zero-order valence-corrected chi connectivity index (χ0v) is 18.0. The van der Waals surface area contributed by atoms with Crippen LogP contribution >= 0.6 is 0 Å². The molecule has 2 atom stereocenters. The first-order valence-corrected chi connectivity index (χ1v) is 10.2. The zero-order valence-electron chi connectivity index (χ0n) is 18.0. The van der Waals surface area contributed by atoms with Gasteiger partial charge in [-0.1, -0.05) is 30.3 Å². The monoisotopic (exact) mass is 411 g/mol. The van der Waals surface area contributed by atoms with Crippen LogP contribution in [0.3, 0.4) is 0 Å². The molecule has 160 valence electrons. The highest BCUT2D eigenvalue weighted by Crippen LogP contribution is 2.30. The summed E-state index contributed by atoms with van der Waals surface area (Å²) in [5.74, 6) is 2.52. The Hall–Kier alpha value is -3.02. The number of benzene rings is 1. The van der Waals surface area contributed by atoms with Gasteiger partial charge in [0.1, 0.15) is 12.4 Å². The van der Waals surface area contributed by atoms with Gasteiger partial charge in [-0.25, -0.2) is 4.79 Å². The fraction of sp³-hybridized carbons (Fsp3) is 0.417. The quantitative estimate of drug-likeness (QED) is 0.344. The van der Waals surface area contributed by atoms with E-state index in [0.29, 0.717) is 36.5 Å². The number of aryl methyl sites for hydroxylation is 2. The van der Waals surface area contributed by atoms with Gasteiger partial charge >= 0.3 is 5.97 Å². The Balaban J connectivity index is 1.57. The van der Waals surface area contributed by atoms with Crippen molar-refractivity contribution in [2.24, 2.45) is 11.8 Å². The maximum absolute atomic E-state index is 12.1. The topological polar surface area (TPSA) is 70.8 Å². The summed E-state index contributed by atoms with van der Waals surface area (Å²) in [5.41, 5.74) is 2.55. The SMILES string of the molecule is COc1cc(C=CC(=O)OCC2CC=CCC2C)ccc1OCc1c(C)noc1C. The number of allylic oxidation sites excluding steroid dienone is 2. The fourth-order valence-corrected chi connectivity index (χ4v) is 3.41. The van der Waals surface area contributed by atoms with Gasteiger partial charge < -0.3 is 18.7 Å². The van der Waals surface area contributed by atoms with E-state index in [2.05, 4.69) is 24.2 Å². The van der Waals surface area contributed by atoms with Crippen LogP contribution in [0, 0.1) is 25.7 Å². The van der Waals surface area contributed by atoms with Crippen LogP contribution in [0.1, 0.15) is 42.3 Å². The van der Waals surface area contributed by atoms with Crippen molar-refractivity contribution in [3.63, 3.8) is 0 Å². The number of hydrogen-bond donors (Lipinski definition) is 0. The third-order valence-electron chi connectivity index (χ3n) is 5.51. The van der Waals surface area contributed by atoms with Crippen molar-refractivity contribution >= 4 is 12.0 Å². The van der Waals surface area contributed by atoms with Crippen molar-refractivity contribution in [3.8, 4) is 11.5 Å². The minimum Gasteiger partial charge on any atom is -0.493 e. The van der Waals surface area contributed by atoms with Crippen molar-refractivity contribution in [2.75, 3.05) is 13.7 Å².